The van der Waals surface area contributed by atoms with Gasteiger partial charge in [-0.05, 0) is 43.9 Å². The van der Waals surface area contributed by atoms with E-state index in [1.165, 1.54) is 0 Å². The van der Waals surface area contributed by atoms with Crippen LogP contribution in [-0.4, -0.2) is 59.5 Å². The minimum Gasteiger partial charge on any atom is -0.338 e. The fourth-order valence-corrected chi connectivity index (χ4v) is 3.28. The van der Waals surface area contributed by atoms with E-state index in [-0.39, 0.29) is 23.1 Å². The van der Waals surface area contributed by atoms with Crippen LogP contribution in [-0.2, 0) is 0 Å². The molecule has 8 heteroatoms. The Morgan fingerprint density at radius 3 is 2.96 bits per heavy atom. The second-order valence-electron chi connectivity index (χ2n) is 5.77. The maximum absolute atomic E-state index is 12.5. The zero-order valence-electron chi connectivity index (χ0n) is 14.0. The van der Waals surface area contributed by atoms with Crippen LogP contribution in [0.15, 0.2) is 12.1 Å². The summed E-state index contributed by atoms with van der Waals surface area (Å²) in [6.45, 7) is 3.57. The fourth-order valence-electron chi connectivity index (χ4n) is 2.57. The molecule has 1 aromatic rings. The number of hydrogen-bond acceptors (Lipinski definition) is 4. The van der Waals surface area contributed by atoms with Gasteiger partial charge in [0.25, 0.3) is 5.91 Å². The minimum atomic E-state index is -0.176. The Morgan fingerprint density at radius 1 is 1.46 bits per heavy atom. The molecule has 0 radical (unpaired) electrons. The monoisotopic (exact) mass is 370 g/mol. The van der Waals surface area contributed by atoms with Crippen LogP contribution in [0.4, 0.5) is 4.79 Å². The summed E-state index contributed by atoms with van der Waals surface area (Å²) in [6, 6.07) is 3.26. The molecule has 1 fully saturated rings. The number of carbonyl (C=O) groups is 2. The van der Waals surface area contributed by atoms with Crippen molar-refractivity contribution >= 4 is 35.3 Å². The molecule has 3 amide bonds. The van der Waals surface area contributed by atoms with Crippen LogP contribution in [0.2, 0.25) is 5.15 Å². The van der Waals surface area contributed by atoms with E-state index in [0.29, 0.717) is 25.2 Å². The first-order chi connectivity index (χ1) is 11.5. The Labute approximate surface area is 151 Å². The van der Waals surface area contributed by atoms with Gasteiger partial charge in [0.05, 0.1) is 5.56 Å². The molecule has 0 aromatic carbocycles. The van der Waals surface area contributed by atoms with Gasteiger partial charge in [0.2, 0.25) is 0 Å². The molecule has 24 heavy (non-hydrogen) atoms. The number of rotatable bonds is 6. The van der Waals surface area contributed by atoms with Crippen molar-refractivity contribution in [3.63, 3.8) is 0 Å². The molecular weight excluding hydrogens is 348 g/mol. The zero-order valence-corrected chi connectivity index (χ0v) is 15.5. The van der Waals surface area contributed by atoms with E-state index in [1.807, 2.05) is 13.2 Å². The van der Waals surface area contributed by atoms with Gasteiger partial charge in [-0.25, -0.2) is 9.78 Å². The van der Waals surface area contributed by atoms with Crippen molar-refractivity contribution in [2.75, 3.05) is 31.6 Å². The maximum atomic E-state index is 12.5. The van der Waals surface area contributed by atoms with E-state index in [2.05, 4.69) is 15.6 Å². The molecule has 0 aliphatic carbocycles. The maximum Gasteiger partial charge on any atom is 0.315 e. The molecule has 6 nitrogen and oxygen atoms in total. The van der Waals surface area contributed by atoms with Gasteiger partial charge in [-0.15, -0.1) is 0 Å². The Kier molecular flexibility index (Phi) is 7.17. The van der Waals surface area contributed by atoms with E-state index < -0.39 is 0 Å². The Balaban J connectivity index is 1.82. The minimum absolute atomic E-state index is 0.0355. The van der Waals surface area contributed by atoms with Gasteiger partial charge in [0.1, 0.15) is 5.15 Å². The Hall–Kier alpha value is -1.47. The molecule has 2 rings (SSSR count). The molecule has 2 N–H and O–H groups in total. The Bertz CT molecular complexity index is 599. The number of nitrogens with one attached hydrogen (secondary N) is 2. The summed E-state index contributed by atoms with van der Waals surface area (Å²) in [6.07, 6.45) is 3.73. The second-order valence-corrected chi connectivity index (χ2v) is 7.12. The van der Waals surface area contributed by atoms with Crippen LogP contribution in [0, 0.1) is 6.92 Å². The molecule has 1 atom stereocenters. The smallest absolute Gasteiger partial charge is 0.315 e. The highest BCUT2D eigenvalue weighted by Gasteiger charge is 2.29. The standard InChI is InChI=1S/C16H23ClN4O2S/c1-11-4-5-13(14(17)19-11)15(22)21-8-6-12(10-21)20-16(23)18-7-3-9-24-2/h4-5,12H,3,6-10H2,1-2H3,(H2,18,20,23). The van der Waals surface area contributed by atoms with Crippen molar-refractivity contribution in [1.29, 1.82) is 0 Å². The van der Waals surface area contributed by atoms with Crippen molar-refractivity contribution in [2.45, 2.75) is 25.8 Å². The number of hydrogen-bond donors (Lipinski definition) is 2. The van der Waals surface area contributed by atoms with E-state index >= 15 is 0 Å². The number of nitrogens with zero attached hydrogens (tertiary/aromatic N) is 2. The lowest BCUT2D eigenvalue weighted by atomic mass is 10.2. The highest BCUT2D eigenvalue weighted by atomic mass is 35.5. The number of aromatic nitrogens is 1. The molecule has 1 saturated heterocycles. The highest BCUT2D eigenvalue weighted by molar-refractivity contribution is 7.98. The van der Waals surface area contributed by atoms with Crippen molar-refractivity contribution in [2.24, 2.45) is 0 Å². The number of likely N-dealkylation sites (tertiary alicyclic amines) is 1. The van der Waals surface area contributed by atoms with Gasteiger partial charge >= 0.3 is 6.03 Å². The molecule has 0 saturated carbocycles. The summed E-state index contributed by atoms with van der Waals surface area (Å²) in [5.74, 6) is 0.884. The lowest BCUT2D eigenvalue weighted by molar-refractivity contribution is 0.0789. The van der Waals surface area contributed by atoms with Crippen molar-refractivity contribution < 1.29 is 9.59 Å². The fraction of sp³-hybridized carbons (Fsp3) is 0.562. The van der Waals surface area contributed by atoms with Crippen LogP contribution in [0.25, 0.3) is 0 Å². The average Bonchev–Trinajstić information content (AvgIpc) is 2.99. The quantitative estimate of drug-likeness (QED) is 0.595. The number of urea groups is 1. The molecule has 0 spiro atoms. The normalized spacial score (nSPS) is 17.0. The van der Waals surface area contributed by atoms with Crippen molar-refractivity contribution in [3.8, 4) is 0 Å². The third kappa shape index (κ3) is 5.27. The first-order valence-corrected chi connectivity index (χ1v) is 9.74. The first kappa shape index (κ1) is 18.9. The lowest BCUT2D eigenvalue weighted by Gasteiger charge is -2.18. The summed E-state index contributed by atoms with van der Waals surface area (Å²) in [7, 11) is 0. The van der Waals surface area contributed by atoms with Crippen LogP contribution in [0.5, 0.6) is 0 Å². The second kappa shape index (κ2) is 9.13. The molecule has 1 unspecified atom stereocenters. The van der Waals surface area contributed by atoms with Gasteiger partial charge in [0.15, 0.2) is 0 Å². The zero-order chi connectivity index (χ0) is 17.5. The number of thioether (sulfide) groups is 1. The van der Waals surface area contributed by atoms with Crippen LogP contribution < -0.4 is 10.6 Å². The summed E-state index contributed by atoms with van der Waals surface area (Å²) < 4.78 is 0. The van der Waals surface area contributed by atoms with Gasteiger partial charge in [-0.3, -0.25) is 4.79 Å². The third-order valence-corrected chi connectivity index (χ3v) is 4.82. The molecule has 2 heterocycles. The third-order valence-electron chi connectivity index (χ3n) is 3.84. The number of halogens is 1. The topological polar surface area (TPSA) is 74.3 Å². The van der Waals surface area contributed by atoms with E-state index in [1.54, 1.807) is 28.8 Å². The van der Waals surface area contributed by atoms with Gasteiger partial charge in [-0.1, -0.05) is 11.6 Å². The van der Waals surface area contributed by atoms with E-state index in [4.69, 9.17) is 11.6 Å². The molecule has 132 valence electrons. The number of amides is 3. The number of pyridine rings is 1. The van der Waals surface area contributed by atoms with Gasteiger partial charge < -0.3 is 15.5 Å². The van der Waals surface area contributed by atoms with E-state index in [0.717, 1.165) is 24.3 Å². The van der Waals surface area contributed by atoms with E-state index in [9.17, 15) is 9.59 Å². The summed E-state index contributed by atoms with van der Waals surface area (Å²) in [5.41, 5.74) is 1.18. The van der Waals surface area contributed by atoms with Crippen molar-refractivity contribution in [1.82, 2.24) is 20.5 Å². The Morgan fingerprint density at radius 2 is 2.25 bits per heavy atom. The van der Waals surface area contributed by atoms with Crippen LogP contribution in [0.1, 0.15) is 28.9 Å². The van der Waals surface area contributed by atoms with Gasteiger partial charge in [-0.2, -0.15) is 11.8 Å². The molecular formula is C16H23ClN4O2S. The van der Waals surface area contributed by atoms with Crippen molar-refractivity contribution in [3.05, 3.63) is 28.5 Å². The largest absolute Gasteiger partial charge is 0.338 e. The van der Waals surface area contributed by atoms with Gasteiger partial charge in [0, 0.05) is 31.4 Å². The van der Waals surface area contributed by atoms with Crippen LogP contribution in [0.3, 0.4) is 0 Å². The number of aryl methyl sites for hydroxylation is 1. The first-order valence-electron chi connectivity index (χ1n) is 7.97. The summed E-state index contributed by atoms with van der Waals surface area (Å²) in [4.78, 5) is 30.2. The molecule has 1 aromatic heterocycles. The highest BCUT2D eigenvalue weighted by Crippen LogP contribution is 2.19. The predicted molar refractivity (Wildman–Crippen MR) is 97.8 cm³/mol. The molecule has 0 bridgehead atoms. The SMILES string of the molecule is CSCCCNC(=O)NC1CCN(C(=O)c2ccc(C)nc2Cl)C1. The summed E-state index contributed by atoms with van der Waals surface area (Å²) in [5, 5.41) is 5.98. The van der Waals surface area contributed by atoms with Crippen LogP contribution >= 0.6 is 23.4 Å². The summed E-state index contributed by atoms with van der Waals surface area (Å²) >= 11 is 7.82. The predicted octanol–water partition coefficient (Wildman–Crippen LogP) is 2.31. The lowest BCUT2D eigenvalue weighted by Crippen LogP contribution is -2.44. The number of carbonyl (C=O) groups excluding carboxylic acids is 2. The molecule has 1 aliphatic rings. The average molecular weight is 371 g/mol. The molecule has 1 aliphatic heterocycles.